The van der Waals surface area contributed by atoms with Crippen LogP contribution in [0.3, 0.4) is 0 Å². The highest BCUT2D eigenvalue weighted by Gasteiger charge is 2.35. The van der Waals surface area contributed by atoms with E-state index in [2.05, 4.69) is 4.98 Å². The Bertz CT molecular complexity index is 675. The Morgan fingerprint density at radius 3 is 2.43 bits per heavy atom. The van der Waals surface area contributed by atoms with Gasteiger partial charge in [-0.05, 0) is 18.2 Å². The summed E-state index contributed by atoms with van der Waals surface area (Å²) in [6.07, 6.45) is -4.75. The Kier molecular flexibility index (Phi) is 4.04. The average molecular weight is 317 g/mol. The Morgan fingerprint density at radius 2 is 1.86 bits per heavy atom. The van der Waals surface area contributed by atoms with Crippen molar-refractivity contribution in [2.45, 2.75) is 6.18 Å². The summed E-state index contributed by atoms with van der Waals surface area (Å²) >= 11 is 5.53. The molecular weight excluding hydrogens is 309 g/mol. The van der Waals surface area contributed by atoms with Crippen LogP contribution in [0.4, 0.5) is 18.9 Å². The van der Waals surface area contributed by atoms with E-state index in [0.717, 1.165) is 0 Å². The highest BCUT2D eigenvalue weighted by atomic mass is 35.5. The lowest BCUT2D eigenvalue weighted by molar-refractivity contribution is -0.141. The van der Waals surface area contributed by atoms with Crippen molar-refractivity contribution in [3.8, 4) is 5.75 Å². The summed E-state index contributed by atoms with van der Waals surface area (Å²) in [7, 11) is 0. The normalized spacial score (nSPS) is 11.2. The maximum atomic E-state index is 12.7. The van der Waals surface area contributed by atoms with Crippen LogP contribution in [0.25, 0.3) is 0 Å². The molecule has 0 spiro atoms. The average Bonchev–Trinajstić information content (AvgIpc) is 2.41. The van der Waals surface area contributed by atoms with Gasteiger partial charge in [0, 0.05) is 0 Å². The molecule has 4 nitrogen and oxygen atoms in total. The van der Waals surface area contributed by atoms with Crippen LogP contribution in [0.2, 0.25) is 5.15 Å². The van der Waals surface area contributed by atoms with Crippen LogP contribution in [-0.2, 0) is 6.18 Å². The number of aromatic nitrogens is 1. The van der Waals surface area contributed by atoms with Crippen molar-refractivity contribution in [1.29, 1.82) is 0 Å². The van der Waals surface area contributed by atoms with Gasteiger partial charge in [0.2, 0.25) is 0 Å². The predicted octanol–water partition coefficient (Wildman–Crippen LogP) is 3.56. The number of benzene rings is 1. The molecule has 0 aliphatic carbocycles. The number of carbonyl (C=O) groups excluding carboxylic acids is 1. The van der Waals surface area contributed by atoms with E-state index in [1.807, 2.05) is 0 Å². The summed E-state index contributed by atoms with van der Waals surface area (Å²) < 4.78 is 42.9. The standard InChI is InChI=1S/C13H8ClF3N2O2/c14-11-10(18)8(6-9(19-11)13(15,16)17)12(20)21-7-4-2-1-3-5-7/h1-6H,18H2. The SMILES string of the molecule is Nc1c(C(=O)Oc2ccccc2)cc(C(F)(F)F)nc1Cl. The van der Waals surface area contributed by atoms with Crippen molar-refractivity contribution in [2.75, 3.05) is 5.73 Å². The lowest BCUT2D eigenvalue weighted by Gasteiger charge is -2.11. The second-order valence-corrected chi connectivity index (χ2v) is 4.32. The number of esters is 1. The first-order valence-corrected chi connectivity index (χ1v) is 5.97. The van der Waals surface area contributed by atoms with Crippen LogP contribution in [0, 0.1) is 0 Å². The van der Waals surface area contributed by atoms with Crippen molar-refractivity contribution >= 4 is 23.3 Å². The minimum absolute atomic E-state index is 0.170. The lowest BCUT2D eigenvalue weighted by Crippen LogP contribution is -2.16. The molecule has 0 atom stereocenters. The van der Waals surface area contributed by atoms with E-state index < -0.39 is 28.6 Å². The van der Waals surface area contributed by atoms with Gasteiger partial charge in [-0.25, -0.2) is 9.78 Å². The van der Waals surface area contributed by atoms with Gasteiger partial charge in [0.05, 0.1) is 11.3 Å². The van der Waals surface area contributed by atoms with Crippen LogP contribution in [-0.4, -0.2) is 11.0 Å². The minimum atomic E-state index is -4.75. The second kappa shape index (κ2) is 5.61. The van der Waals surface area contributed by atoms with Crippen LogP contribution in [0.15, 0.2) is 36.4 Å². The van der Waals surface area contributed by atoms with Crippen LogP contribution >= 0.6 is 11.6 Å². The van der Waals surface area contributed by atoms with E-state index in [1.54, 1.807) is 18.2 Å². The molecule has 8 heteroatoms. The number of pyridine rings is 1. The molecule has 2 rings (SSSR count). The number of nitrogens with zero attached hydrogens (tertiary/aromatic N) is 1. The van der Waals surface area contributed by atoms with E-state index in [1.165, 1.54) is 12.1 Å². The Morgan fingerprint density at radius 1 is 1.24 bits per heavy atom. The molecule has 2 aromatic rings. The molecule has 0 saturated heterocycles. The zero-order valence-electron chi connectivity index (χ0n) is 10.3. The van der Waals surface area contributed by atoms with Crippen molar-refractivity contribution in [1.82, 2.24) is 4.98 Å². The summed E-state index contributed by atoms with van der Waals surface area (Å²) in [4.78, 5) is 15.0. The van der Waals surface area contributed by atoms with Crippen molar-refractivity contribution < 1.29 is 22.7 Å². The number of hydrogen-bond donors (Lipinski definition) is 1. The summed E-state index contributed by atoms with van der Waals surface area (Å²) in [5.74, 6) is -0.878. The third-order valence-electron chi connectivity index (χ3n) is 2.48. The highest BCUT2D eigenvalue weighted by molar-refractivity contribution is 6.32. The fourth-order valence-electron chi connectivity index (χ4n) is 1.49. The minimum Gasteiger partial charge on any atom is -0.423 e. The van der Waals surface area contributed by atoms with E-state index in [0.29, 0.717) is 6.07 Å². The lowest BCUT2D eigenvalue weighted by atomic mass is 10.2. The number of halogens is 4. The Balaban J connectivity index is 2.39. The number of hydrogen-bond acceptors (Lipinski definition) is 4. The fraction of sp³-hybridized carbons (Fsp3) is 0.0769. The number of ether oxygens (including phenoxy) is 1. The Hall–Kier alpha value is -2.28. The zero-order valence-corrected chi connectivity index (χ0v) is 11.1. The van der Waals surface area contributed by atoms with Crippen molar-refractivity contribution in [3.63, 3.8) is 0 Å². The van der Waals surface area contributed by atoms with E-state index in [9.17, 15) is 18.0 Å². The monoisotopic (exact) mass is 316 g/mol. The van der Waals surface area contributed by atoms with Crippen molar-refractivity contribution in [3.05, 3.63) is 52.8 Å². The molecule has 1 aromatic heterocycles. The molecule has 110 valence electrons. The first-order chi connectivity index (χ1) is 9.79. The number of nitrogens with two attached hydrogens (primary N) is 1. The molecule has 0 radical (unpaired) electrons. The zero-order chi connectivity index (χ0) is 15.6. The fourth-order valence-corrected chi connectivity index (χ4v) is 1.68. The van der Waals surface area contributed by atoms with Crippen molar-refractivity contribution in [2.24, 2.45) is 0 Å². The van der Waals surface area contributed by atoms with Crippen LogP contribution < -0.4 is 10.5 Å². The van der Waals surface area contributed by atoms with Gasteiger partial charge in [-0.3, -0.25) is 0 Å². The van der Waals surface area contributed by atoms with E-state index in [-0.39, 0.29) is 11.4 Å². The molecule has 0 aliphatic heterocycles. The summed E-state index contributed by atoms with van der Waals surface area (Å²) in [5, 5.41) is -0.607. The summed E-state index contributed by atoms with van der Waals surface area (Å²) in [6, 6.07) is 8.35. The van der Waals surface area contributed by atoms with Gasteiger partial charge in [0.25, 0.3) is 0 Å². The first-order valence-electron chi connectivity index (χ1n) is 5.59. The predicted molar refractivity (Wildman–Crippen MR) is 70.1 cm³/mol. The third-order valence-corrected chi connectivity index (χ3v) is 2.76. The Labute approximate surface area is 122 Å². The largest absolute Gasteiger partial charge is 0.433 e. The quantitative estimate of drug-likeness (QED) is 0.523. The molecular formula is C13H8ClF3N2O2. The number of nitrogen functional groups attached to an aromatic ring is 1. The summed E-state index contributed by atoms with van der Waals surface area (Å²) in [5.41, 5.74) is 3.30. The van der Waals surface area contributed by atoms with Gasteiger partial charge in [-0.2, -0.15) is 13.2 Å². The van der Waals surface area contributed by atoms with Gasteiger partial charge in [-0.1, -0.05) is 29.8 Å². The second-order valence-electron chi connectivity index (χ2n) is 3.96. The number of rotatable bonds is 2. The molecule has 1 heterocycles. The van der Waals surface area contributed by atoms with Crippen LogP contribution in [0.1, 0.15) is 16.1 Å². The van der Waals surface area contributed by atoms with Gasteiger partial charge in [0.15, 0.2) is 5.15 Å². The molecule has 0 amide bonds. The third kappa shape index (κ3) is 3.43. The van der Waals surface area contributed by atoms with E-state index >= 15 is 0 Å². The van der Waals surface area contributed by atoms with Crippen LogP contribution in [0.5, 0.6) is 5.75 Å². The number of carbonyl (C=O) groups is 1. The maximum absolute atomic E-state index is 12.7. The van der Waals surface area contributed by atoms with Gasteiger partial charge in [-0.15, -0.1) is 0 Å². The van der Waals surface area contributed by atoms with Gasteiger partial charge in [0.1, 0.15) is 11.4 Å². The topological polar surface area (TPSA) is 65.2 Å². The molecule has 0 unspecified atom stereocenters. The van der Waals surface area contributed by atoms with Gasteiger partial charge < -0.3 is 10.5 Å². The van der Waals surface area contributed by atoms with Gasteiger partial charge >= 0.3 is 12.1 Å². The molecule has 0 bridgehead atoms. The van der Waals surface area contributed by atoms with E-state index in [4.69, 9.17) is 22.1 Å². The highest BCUT2D eigenvalue weighted by Crippen LogP contribution is 2.32. The number of anilines is 1. The first kappa shape index (κ1) is 15.1. The molecule has 0 saturated carbocycles. The smallest absolute Gasteiger partial charge is 0.423 e. The molecule has 2 N–H and O–H groups in total. The molecule has 21 heavy (non-hydrogen) atoms. The number of para-hydroxylation sites is 1. The molecule has 0 aliphatic rings. The molecule has 0 fully saturated rings. The molecule has 1 aromatic carbocycles. The summed E-state index contributed by atoms with van der Waals surface area (Å²) in [6.45, 7) is 0. The number of alkyl halides is 3. The maximum Gasteiger partial charge on any atom is 0.433 e.